The average Bonchev–Trinajstić information content (AvgIpc) is 3.50. The van der Waals surface area contributed by atoms with E-state index in [4.69, 9.17) is 23.7 Å². The molecule has 0 radical (unpaired) electrons. The lowest BCUT2D eigenvalue weighted by atomic mass is 9.88. The molecule has 0 aliphatic carbocycles. The lowest BCUT2D eigenvalue weighted by Gasteiger charge is -2.21. The van der Waals surface area contributed by atoms with E-state index in [-0.39, 0.29) is 12.8 Å². The molecule has 7 rings (SSSR count). The highest BCUT2D eigenvalue weighted by Gasteiger charge is 2.32. The van der Waals surface area contributed by atoms with Crippen molar-refractivity contribution in [2.45, 2.75) is 39.2 Å². The number of nitrogens with zero attached hydrogens (tertiary/aromatic N) is 1. The predicted molar refractivity (Wildman–Crippen MR) is 164 cm³/mol. The van der Waals surface area contributed by atoms with Gasteiger partial charge in [-0.2, -0.15) is 4.57 Å². The number of rotatable bonds is 8. The minimum Gasteiger partial charge on any atom is -0.493 e. The summed E-state index contributed by atoms with van der Waals surface area (Å²) >= 11 is 0. The number of fused-ring (bicyclic) bond motifs is 6. The molecule has 0 saturated heterocycles. The van der Waals surface area contributed by atoms with Crippen molar-refractivity contribution in [1.29, 1.82) is 0 Å². The van der Waals surface area contributed by atoms with Crippen LogP contribution >= 0.6 is 0 Å². The largest absolute Gasteiger partial charge is 0.493 e. The van der Waals surface area contributed by atoms with E-state index in [1.807, 2.05) is 37.3 Å². The fourth-order valence-corrected chi connectivity index (χ4v) is 6.68. The van der Waals surface area contributed by atoms with Crippen LogP contribution in [-0.4, -0.2) is 33.6 Å². The summed E-state index contributed by atoms with van der Waals surface area (Å²) < 4.78 is 30.7. The minimum absolute atomic E-state index is 0.253. The Morgan fingerprint density at radius 1 is 0.884 bits per heavy atom. The van der Waals surface area contributed by atoms with Gasteiger partial charge in [0.05, 0.1) is 37.3 Å². The maximum Gasteiger partial charge on any atom is 0.338 e. The molecule has 5 aromatic rings. The zero-order valence-corrected chi connectivity index (χ0v) is 24.7. The van der Waals surface area contributed by atoms with Crippen LogP contribution in [0.4, 0.5) is 0 Å². The normalized spacial score (nSPS) is 13.1. The molecule has 3 heterocycles. The van der Waals surface area contributed by atoms with Gasteiger partial charge in [-0.25, -0.2) is 4.79 Å². The highest BCUT2D eigenvalue weighted by Crippen LogP contribution is 2.44. The second-order valence-electron chi connectivity index (χ2n) is 10.9. The third-order valence-corrected chi connectivity index (χ3v) is 8.63. The van der Waals surface area contributed by atoms with Crippen molar-refractivity contribution in [1.82, 2.24) is 0 Å². The van der Waals surface area contributed by atoms with Crippen LogP contribution in [0.3, 0.4) is 0 Å². The summed E-state index contributed by atoms with van der Waals surface area (Å²) in [6, 6.07) is 20.5. The number of carbonyl (C=O) groups excluding carboxylic acids is 1. The summed E-state index contributed by atoms with van der Waals surface area (Å²) in [4.78, 5) is 12.6. The molecule has 7 heteroatoms. The van der Waals surface area contributed by atoms with Crippen molar-refractivity contribution in [2.75, 3.05) is 27.6 Å². The van der Waals surface area contributed by atoms with E-state index in [0.717, 1.165) is 71.0 Å². The molecule has 0 N–H and O–H groups in total. The van der Waals surface area contributed by atoms with Gasteiger partial charge < -0.3 is 23.7 Å². The molecule has 7 nitrogen and oxygen atoms in total. The van der Waals surface area contributed by atoms with Crippen LogP contribution in [0.25, 0.3) is 32.8 Å². The molecular weight excluding hydrogens is 542 g/mol. The van der Waals surface area contributed by atoms with Gasteiger partial charge in [-0.3, -0.25) is 0 Å². The summed E-state index contributed by atoms with van der Waals surface area (Å²) in [5.41, 5.74) is 6.76. The number of pyridine rings is 1. The van der Waals surface area contributed by atoms with Gasteiger partial charge in [-0.1, -0.05) is 30.3 Å². The molecule has 0 bridgehead atoms. The van der Waals surface area contributed by atoms with Crippen molar-refractivity contribution < 1.29 is 33.0 Å². The Hall–Kier alpha value is -4.78. The van der Waals surface area contributed by atoms with E-state index in [0.29, 0.717) is 17.9 Å². The summed E-state index contributed by atoms with van der Waals surface area (Å²) in [5.74, 6) is 2.79. The van der Waals surface area contributed by atoms with Crippen LogP contribution < -0.4 is 23.5 Å². The second-order valence-corrected chi connectivity index (χ2v) is 10.9. The first-order valence-electron chi connectivity index (χ1n) is 14.8. The van der Waals surface area contributed by atoms with Crippen molar-refractivity contribution >= 4 is 27.5 Å². The lowest BCUT2D eigenvalue weighted by Crippen LogP contribution is -2.41. The van der Waals surface area contributed by atoms with Crippen molar-refractivity contribution in [2.24, 2.45) is 0 Å². The van der Waals surface area contributed by atoms with Crippen LogP contribution in [-0.2, 0) is 30.5 Å². The van der Waals surface area contributed by atoms with Crippen LogP contribution in [0, 0.1) is 0 Å². The summed E-state index contributed by atoms with van der Waals surface area (Å²) in [6.07, 6.45) is 5.73. The van der Waals surface area contributed by atoms with Gasteiger partial charge in [0.2, 0.25) is 12.5 Å². The summed E-state index contributed by atoms with van der Waals surface area (Å²) in [7, 11) is 3.37. The molecule has 0 atom stereocenters. The van der Waals surface area contributed by atoms with E-state index < -0.39 is 0 Å². The van der Waals surface area contributed by atoms with Crippen LogP contribution in [0.2, 0.25) is 0 Å². The highest BCUT2D eigenvalue weighted by molar-refractivity contribution is 6.05. The van der Waals surface area contributed by atoms with E-state index in [9.17, 15) is 4.79 Å². The fraction of sp³-hybridized carbons (Fsp3) is 0.278. The number of hydrogen-bond donors (Lipinski definition) is 0. The summed E-state index contributed by atoms with van der Waals surface area (Å²) in [6.45, 7) is 3.29. The van der Waals surface area contributed by atoms with Crippen molar-refractivity contribution in [3.8, 4) is 34.3 Å². The molecule has 2 aliphatic rings. The van der Waals surface area contributed by atoms with Crippen LogP contribution in [0.5, 0.6) is 23.0 Å². The number of carbonyl (C=O) groups is 1. The number of hydrogen-bond acceptors (Lipinski definition) is 6. The van der Waals surface area contributed by atoms with Gasteiger partial charge in [-0.05, 0) is 78.4 Å². The fourth-order valence-electron chi connectivity index (χ4n) is 6.68. The number of aromatic nitrogens is 1. The van der Waals surface area contributed by atoms with Crippen molar-refractivity contribution in [3.05, 3.63) is 89.1 Å². The zero-order valence-electron chi connectivity index (χ0n) is 24.7. The Morgan fingerprint density at radius 2 is 1.70 bits per heavy atom. The molecule has 4 aromatic carbocycles. The third kappa shape index (κ3) is 4.60. The van der Waals surface area contributed by atoms with Gasteiger partial charge in [0.15, 0.2) is 35.7 Å². The predicted octanol–water partition coefficient (Wildman–Crippen LogP) is 6.60. The average molecular weight is 577 g/mol. The third-order valence-electron chi connectivity index (χ3n) is 8.63. The van der Waals surface area contributed by atoms with Gasteiger partial charge in [0.25, 0.3) is 0 Å². The first kappa shape index (κ1) is 27.1. The SMILES string of the molecule is CCOC(=O)c1ccc(CCCc2c3[n+](cc4c(OC)c(OC)ccc24)CCc2cc4c(cc2-3)OCO4)c2ccccc12. The Morgan fingerprint density at radius 3 is 2.49 bits per heavy atom. The molecule has 43 heavy (non-hydrogen) atoms. The zero-order chi connectivity index (χ0) is 29.5. The first-order chi connectivity index (χ1) is 21.1. The number of aryl methyl sites for hydroxylation is 4. The van der Waals surface area contributed by atoms with E-state index in [2.05, 4.69) is 41.1 Å². The smallest absolute Gasteiger partial charge is 0.338 e. The molecule has 218 valence electrons. The topological polar surface area (TPSA) is 67.1 Å². The summed E-state index contributed by atoms with van der Waals surface area (Å²) in [5, 5.41) is 4.20. The second kappa shape index (κ2) is 11.1. The van der Waals surface area contributed by atoms with Crippen molar-refractivity contribution in [3.63, 3.8) is 0 Å². The highest BCUT2D eigenvalue weighted by atomic mass is 16.7. The molecule has 0 saturated carbocycles. The number of methoxy groups -OCH3 is 2. The minimum atomic E-state index is -0.284. The Kier molecular flexibility index (Phi) is 7.01. The van der Waals surface area contributed by atoms with E-state index in [1.165, 1.54) is 27.9 Å². The monoisotopic (exact) mass is 576 g/mol. The molecule has 0 spiro atoms. The van der Waals surface area contributed by atoms with Gasteiger partial charge >= 0.3 is 5.97 Å². The standard InChI is InChI=1S/C36H34NO6/c1-4-41-36(38)28-13-12-22(24-9-5-6-10-25(24)28)8-7-11-27-26-14-15-31(39-2)35(40-3)30(26)20-37-17-16-23-18-32-33(43-21-42-32)19-29(23)34(27)37/h5-6,9-10,12-15,18-20H,4,7-8,11,16-17,21H2,1-3H3/q+1. The molecular formula is C36H34NO6+. The quantitative estimate of drug-likeness (QED) is 0.153. The van der Waals surface area contributed by atoms with E-state index in [1.54, 1.807) is 14.2 Å². The Balaban J connectivity index is 1.31. The van der Waals surface area contributed by atoms with Gasteiger partial charge in [-0.15, -0.1) is 0 Å². The molecule has 0 amide bonds. The number of benzene rings is 4. The molecule has 0 unspecified atom stereocenters. The van der Waals surface area contributed by atoms with Gasteiger partial charge in [0, 0.05) is 17.4 Å². The van der Waals surface area contributed by atoms with Crippen LogP contribution in [0.15, 0.2) is 66.9 Å². The first-order valence-corrected chi connectivity index (χ1v) is 14.8. The number of ether oxygens (including phenoxy) is 5. The van der Waals surface area contributed by atoms with E-state index >= 15 is 0 Å². The Labute approximate surface area is 250 Å². The van der Waals surface area contributed by atoms with Gasteiger partial charge in [0.1, 0.15) is 0 Å². The maximum atomic E-state index is 12.6. The maximum absolute atomic E-state index is 12.6. The number of esters is 1. The Bertz CT molecular complexity index is 1900. The molecule has 2 aliphatic heterocycles. The molecule has 1 aromatic heterocycles. The lowest BCUT2D eigenvalue weighted by molar-refractivity contribution is -0.686. The molecule has 0 fully saturated rings. The van der Waals surface area contributed by atoms with Crippen LogP contribution in [0.1, 0.15) is 40.4 Å².